The predicted molar refractivity (Wildman–Crippen MR) is 110 cm³/mol. The molecule has 0 saturated heterocycles. The summed E-state index contributed by atoms with van der Waals surface area (Å²) >= 11 is 0. The van der Waals surface area contributed by atoms with Crippen molar-refractivity contribution < 1.29 is 18.6 Å². The average Bonchev–Trinajstić information content (AvgIpc) is 2.77. The summed E-state index contributed by atoms with van der Waals surface area (Å²) in [4.78, 5) is 3.44. The van der Waals surface area contributed by atoms with Crippen LogP contribution in [-0.4, -0.2) is 5.11 Å². The number of halogens is 2. The van der Waals surface area contributed by atoms with Crippen LogP contribution in [0.5, 0.6) is 17.2 Å². The molecule has 0 aliphatic carbocycles. The molecule has 4 aromatic carbocycles. The molecule has 0 aliphatic rings. The zero-order valence-corrected chi connectivity index (χ0v) is 16.1. The Morgan fingerprint density at radius 3 is 1.66 bits per heavy atom. The smallest absolute Gasteiger partial charge is 0.205 e. The van der Waals surface area contributed by atoms with Gasteiger partial charge in [0.2, 0.25) is 11.6 Å². The van der Waals surface area contributed by atoms with E-state index >= 15 is 0 Å². The molecule has 0 atom stereocenters. The van der Waals surface area contributed by atoms with E-state index in [1.807, 2.05) is 48.5 Å². The van der Waals surface area contributed by atoms with Crippen LogP contribution >= 0.6 is 0 Å². The van der Waals surface area contributed by atoms with E-state index < -0.39 is 17.4 Å². The summed E-state index contributed by atoms with van der Waals surface area (Å²) in [6.45, 7) is 0. The van der Waals surface area contributed by atoms with Crippen LogP contribution < -0.4 is 4.74 Å². The lowest BCUT2D eigenvalue weighted by Crippen LogP contribution is -2.04. The minimum atomic E-state index is -1.33. The van der Waals surface area contributed by atoms with Crippen LogP contribution in [0, 0.1) is 11.6 Å². The summed E-state index contributed by atoms with van der Waals surface area (Å²) in [5.41, 5.74) is 0. The van der Waals surface area contributed by atoms with Crippen LogP contribution in [0.2, 0.25) is 0 Å². The Kier molecular flexibility index (Phi) is 5.49. The van der Waals surface area contributed by atoms with E-state index in [0.717, 1.165) is 11.0 Å². The normalized spacial score (nSPS) is 10.9. The Bertz CT molecular complexity index is 1060. The van der Waals surface area contributed by atoms with Crippen LogP contribution in [0.15, 0.2) is 112 Å². The van der Waals surface area contributed by atoms with E-state index in [-0.39, 0.29) is 16.6 Å². The Morgan fingerprint density at radius 2 is 1.10 bits per heavy atom. The number of benzene rings is 4. The lowest BCUT2D eigenvalue weighted by Gasteiger charge is -2.10. The molecular weight excluding hydrogens is 390 g/mol. The van der Waals surface area contributed by atoms with Gasteiger partial charge in [-0.1, -0.05) is 36.4 Å². The Balaban J connectivity index is 1.66. The van der Waals surface area contributed by atoms with Gasteiger partial charge in [-0.15, -0.1) is 0 Å². The van der Waals surface area contributed by atoms with Crippen molar-refractivity contribution in [2.24, 2.45) is 0 Å². The lowest BCUT2D eigenvalue weighted by molar-refractivity contribution is 0.379. The van der Waals surface area contributed by atoms with E-state index in [4.69, 9.17) is 4.74 Å². The topological polar surface area (TPSA) is 29.5 Å². The summed E-state index contributed by atoms with van der Waals surface area (Å²) in [7, 11) is -0.303. The number of hydrogen-bond acceptors (Lipinski definition) is 2. The van der Waals surface area contributed by atoms with Crippen LogP contribution in [-0.2, 0) is 10.9 Å². The van der Waals surface area contributed by atoms with E-state index in [1.54, 1.807) is 12.1 Å². The first-order chi connectivity index (χ1) is 14.1. The molecule has 0 amide bonds. The van der Waals surface area contributed by atoms with Gasteiger partial charge in [0.25, 0.3) is 0 Å². The van der Waals surface area contributed by atoms with E-state index in [0.29, 0.717) is 5.75 Å². The van der Waals surface area contributed by atoms with Gasteiger partial charge in [0.15, 0.2) is 26.2 Å². The monoisotopic (exact) mass is 407 g/mol. The summed E-state index contributed by atoms with van der Waals surface area (Å²) in [6, 6.07) is 29.9. The molecule has 29 heavy (non-hydrogen) atoms. The minimum Gasteiger partial charge on any atom is -0.505 e. The second-order valence-corrected chi connectivity index (χ2v) is 8.24. The first-order valence-corrected chi connectivity index (χ1v) is 10.2. The van der Waals surface area contributed by atoms with E-state index in [2.05, 4.69) is 24.3 Å². The second-order valence-electron chi connectivity index (χ2n) is 6.22. The van der Waals surface area contributed by atoms with Gasteiger partial charge in [0, 0.05) is 0 Å². The molecule has 0 aromatic heterocycles. The van der Waals surface area contributed by atoms with E-state index in [9.17, 15) is 13.9 Å². The first kappa shape index (κ1) is 19.0. The molecular formula is C24H17F2O2S+. The van der Waals surface area contributed by atoms with Gasteiger partial charge in [0.05, 0.1) is 10.9 Å². The third kappa shape index (κ3) is 4.10. The van der Waals surface area contributed by atoms with Crippen molar-refractivity contribution in [3.63, 3.8) is 0 Å². The molecule has 0 unspecified atom stereocenters. The fourth-order valence-corrected chi connectivity index (χ4v) is 4.98. The maximum Gasteiger partial charge on any atom is 0.205 e. The standard InChI is InChI=1S/C24H16F2O2S/c25-23-21(27)15-16-22(24(23)26)28-17-11-13-20(14-12-17)29(18-7-3-1-4-8-18)19-9-5-2-6-10-19/h1-16H/p+1. The third-order valence-electron chi connectivity index (χ3n) is 4.27. The Hall–Kier alpha value is -3.31. The van der Waals surface area contributed by atoms with Gasteiger partial charge in [-0.25, -0.2) is 0 Å². The SMILES string of the molecule is Oc1ccc(Oc2ccc([S+](c3ccccc3)c3ccccc3)cc2)c(F)c1F. The first-order valence-electron chi connectivity index (χ1n) is 8.93. The molecule has 4 aromatic rings. The number of aromatic hydroxyl groups is 1. The zero-order chi connectivity index (χ0) is 20.2. The highest BCUT2D eigenvalue weighted by atomic mass is 32.2. The maximum absolute atomic E-state index is 13.9. The molecule has 0 spiro atoms. The number of hydrogen-bond donors (Lipinski definition) is 1. The highest BCUT2D eigenvalue weighted by Gasteiger charge is 2.28. The molecule has 4 rings (SSSR count). The molecule has 5 heteroatoms. The Labute approximate surface area is 170 Å². The van der Waals surface area contributed by atoms with Crippen molar-refractivity contribution in [1.29, 1.82) is 0 Å². The van der Waals surface area contributed by atoms with Crippen molar-refractivity contribution in [1.82, 2.24) is 0 Å². The van der Waals surface area contributed by atoms with Gasteiger partial charge in [-0.3, -0.25) is 0 Å². The molecule has 144 valence electrons. The van der Waals surface area contributed by atoms with Crippen molar-refractivity contribution in [3.8, 4) is 17.2 Å². The van der Waals surface area contributed by atoms with E-state index in [1.165, 1.54) is 15.9 Å². The van der Waals surface area contributed by atoms with Gasteiger partial charge in [-0.05, 0) is 60.7 Å². The fraction of sp³-hybridized carbons (Fsp3) is 0. The molecule has 0 aliphatic heterocycles. The van der Waals surface area contributed by atoms with Crippen LogP contribution in [0.4, 0.5) is 8.78 Å². The number of rotatable bonds is 5. The molecule has 0 fully saturated rings. The van der Waals surface area contributed by atoms with Crippen molar-refractivity contribution in [2.45, 2.75) is 14.7 Å². The van der Waals surface area contributed by atoms with Crippen molar-refractivity contribution in [3.05, 3.63) is 109 Å². The summed E-state index contributed by atoms with van der Waals surface area (Å²) in [5.74, 6) is -3.20. The zero-order valence-electron chi connectivity index (χ0n) is 15.3. The van der Waals surface area contributed by atoms with Gasteiger partial charge < -0.3 is 9.84 Å². The van der Waals surface area contributed by atoms with Crippen molar-refractivity contribution in [2.75, 3.05) is 0 Å². The van der Waals surface area contributed by atoms with Crippen LogP contribution in [0.25, 0.3) is 0 Å². The third-order valence-corrected chi connectivity index (χ3v) is 6.50. The van der Waals surface area contributed by atoms with Crippen molar-refractivity contribution >= 4 is 10.9 Å². The maximum atomic E-state index is 13.9. The molecule has 2 nitrogen and oxygen atoms in total. The fourth-order valence-electron chi connectivity index (χ4n) is 2.89. The molecule has 0 saturated carbocycles. The molecule has 0 bridgehead atoms. The number of ether oxygens (including phenoxy) is 1. The van der Waals surface area contributed by atoms with Gasteiger partial charge >= 0.3 is 0 Å². The summed E-state index contributed by atoms with van der Waals surface area (Å²) in [6.07, 6.45) is 0. The number of phenolic OH excluding ortho intramolecular Hbond substituents is 1. The molecule has 0 radical (unpaired) electrons. The predicted octanol–water partition coefficient (Wildman–Crippen LogP) is 6.56. The Morgan fingerprint density at radius 1 is 0.586 bits per heavy atom. The summed E-state index contributed by atoms with van der Waals surface area (Å²) in [5, 5.41) is 9.23. The number of phenols is 1. The summed E-state index contributed by atoms with van der Waals surface area (Å²) < 4.78 is 32.9. The van der Waals surface area contributed by atoms with Crippen LogP contribution in [0.3, 0.4) is 0 Å². The minimum absolute atomic E-state index is 0.279. The molecule has 0 heterocycles. The quantitative estimate of drug-likeness (QED) is 0.380. The van der Waals surface area contributed by atoms with Crippen LogP contribution in [0.1, 0.15) is 0 Å². The lowest BCUT2D eigenvalue weighted by atomic mass is 10.3. The average molecular weight is 407 g/mol. The van der Waals surface area contributed by atoms with Gasteiger partial charge in [0.1, 0.15) is 5.75 Å². The second kappa shape index (κ2) is 8.37. The van der Waals surface area contributed by atoms with Gasteiger partial charge in [-0.2, -0.15) is 8.78 Å². The highest BCUT2D eigenvalue weighted by molar-refractivity contribution is 7.97. The largest absolute Gasteiger partial charge is 0.505 e. The molecule has 1 N–H and O–H groups in total. The highest BCUT2D eigenvalue weighted by Crippen LogP contribution is 2.34.